The molecule has 1 aromatic carbocycles. The Morgan fingerprint density at radius 1 is 1.43 bits per heavy atom. The normalized spacial score (nSPS) is 25.6. The first-order chi connectivity index (χ1) is 6.65. The number of benzene rings is 1. The lowest BCUT2D eigenvalue weighted by Crippen LogP contribution is -2.31. The summed E-state index contributed by atoms with van der Waals surface area (Å²) < 4.78 is 19.0. The summed E-state index contributed by atoms with van der Waals surface area (Å²) in [4.78, 5) is 0. The molecule has 14 heavy (non-hydrogen) atoms. The van der Waals surface area contributed by atoms with Crippen LogP contribution in [0.1, 0.15) is 19.8 Å². The van der Waals surface area contributed by atoms with Gasteiger partial charge in [-0.15, -0.1) is 0 Å². The molecule has 1 fully saturated rings. The van der Waals surface area contributed by atoms with Crippen molar-refractivity contribution in [3.8, 4) is 5.75 Å². The van der Waals surface area contributed by atoms with E-state index in [1.165, 1.54) is 6.07 Å². The third kappa shape index (κ3) is 2.08. The average Bonchev–Trinajstić information content (AvgIpc) is 2.09. The van der Waals surface area contributed by atoms with Gasteiger partial charge in [0.2, 0.25) is 0 Å². The van der Waals surface area contributed by atoms with Gasteiger partial charge in [0.15, 0.2) is 0 Å². The number of halogens is 2. The molecule has 0 bridgehead atoms. The van der Waals surface area contributed by atoms with Crippen molar-refractivity contribution < 1.29 is 9.13 Å². The van der Waals surface area contributed by atoms with Crippen molar-refractivity contribution in [2.45, 2.75) is 25.9 Å². The SMILES string of the molecule is CC1CC(Oc2ccc(F)c(Br)c2)C1. The van der Waals surface area contributed by atoms with Crippen molar-refractivity contribution in [1.29, 1.82) is 0 Å². The van der Waals surface area contributed by atoms with Crippen LogP contribution in [-0.2, 0) is 0 Å². The Kier molecular flexibility index (Phi) is 2.77. The molecule has 76 valence electrons. The van der Waals surface area contributed by atoms with E-state index in [2.05, 4.69) is 22.9 Å². The molecule has 0 aromatic heterocycles. The van der Waals surface area contributed by atoms with Gasteiger partial charge in [0, 0.05) is 0 Å². The number of hydrogen-bond donors (Lipinski definition) is 0. The lowest BCUT2D eigenvalue weighted by molar-refractivity contribution is 0.0737. The third-order valence-electron chi connectivity index (χ3n) is 2.52. The lowest BCUT2D eigenvalue weighted by Gasteiger charge is -2.32. The third-order valence-corrected chi connectivity index (χ3v) is 3.13. The van der Waals surface area contributed by atoms with E-state index < -0.39 is 0 Å². The monoisotopic (exact) mass is 258 g/mol. The summed E-state index contributed by atoms with van der Waals surface area (Å²) in [6.45, 7) is 2.21. The molecule has 0 heterocycles. The predicted molar refractivity (Wildman–Crippen MR) is 56.9 cm³/mol. The van der Waals surface area contributed by atoms with Crippen LogP contribution < -0.4 is 4.74 Å². The minimum atomic E-state index is -0.251. The summed E-state index contributed by atoms with van der Waals surface area (Å²) in [5.74, 6) is 1.26. The van der Waals surface area contributed by atoms with Gasteiger partial charge in [-0.3, -0.25) is 0 Å². The van der Waals surface area contributed by atoms with Crippen molar-refractivity contribution >= 4 is 15.9 Å². The number of hydrogen-bond acceptors (Lipinski definition) is 1. The molecule has 0 saturated heterocycles. The van der Waals surface area contributed by atoms with Gasteiger partial charge >= 0.3 is 0 Å². The highest BCUT2D eigenvalue weighted by Gasteiger charge is 2.26. The average molecular weight is 259 g/mol. The van der Waals surface area contributed by atoms with Crippen LogP contribution in [-0.4, -0.2) is 6.10 Å². The summed E-state index contributed by atoms with van der Waals surface area (Å²) in [5, 5.41) is 0. The van der Waals surface area contributed by atoms with E-state index in [0.29, 0.717) is 10.6 Å². The smallest absolute Gasteiger partial charge is 0.137 e. The van der Waals surface area contributed by atoms with E-state index in [9.17, 15) is 4.39 Å². The molecule has 1 aliphatic carbocycles. The molecular formula is C11H12BrFO. The maximum atomic E-state index is 12.9. The van der Waals surface area contributed by atoms with E-state index >= 15 is 0 Å². The second-order valence-electron chi connectivity index (χ2n) is 3.89. The van der Waals surface area contributed by atoms with Crippen LogP contribution in [0.15, 0.2) is 22.7 Å². The van der Waals surface area contributed by atoms with Gasteiger partial charge in [-0.1, -0.05) is 6.92 Å². The summed E-state index contributed by atoms with van der Waals surface area (Å²) >= 11 is 3.13. The van der Waals surface area contributed by atoms with Gasteiger partial charge in [-0.25, -0.2) is 4.39 Å². The van der Waals surface area contributed by atoms with Crippen LogP contribution in [0.25, 0.3) is 0 Å². The van der Waals surface area contributed by atoms with E-state index in [0.717, 1.165) is 24.5 Å². The lowest BCUT2D eigenvalue weighted by atomic mass is 9.84. The van der Waals surface area contributed by atoms with Crippen molar-refractivity contribution in [1.82, 2.24) is 0 Å². The molecule has 1 saturated carbocycles. The predicted octanol–water partition coefficient (Wildman–Crippen LogP) is 3.77. The fourth-order valence-electron chi connectivity index (χ4n) is 1.67. The molecule has 0 aliphatic heterocycles. The summed E-state index contributed by atoms with van der Waals surface area (Å²) in [7, 11) is 0. The standard InChI is InChI=1S/C11H12BrFO/c1-7-4-9(5-7)14-8-2-3-11(13)10(12)6-8/h2-3,6-7,9H,4-5H2,1H3. The Bertz CT molecular complexity index is 334. The first-order valence-electron chi connectivity index (χ1n) is 4.77. The molecule has 0 unspecified atom stereocenters. The molecule has 1 nitrogen and oxygen atoms in total. The van der Waals surface area contributed by atoms with Crippen LogP contribution in [0.3, 0.4) is 0 Å². The Balaban J connectivity index is 2.00. The molecule has 0 radical (unpaired) electrons. The first-order valence-corrected chi connectivity index (χ1v) is 5.56. The highest BCUT2D eigenvalue weighted by Crippen LogP contribution is 2.31. The largest absolute Gasteiger partial charge is 0.490 e. The number of rotatable bonds is 2. The highest BCUT2D eigenvalue weighted by atomic mass is 79.9. The molecule has 0 atom stereocenters. The van der Waals surface area contributed by atoms with E-state index in [1.54, 1.807) is 12.1 Å². The zero-order chi connectivity index (χ0) is 10.1. The van der Waals surface area contributed by atoms with Crippen molar-refractivity contribution in [3.63, 3.8) is 0 Å². The minimum absolute atomic E-state index is 0.251. The van der Waals surface area contributed by atoms with Crippen molar-refractivity contribution in [2.24, 2.45) is 5.92 Å². The first kappa shape index (κ1) is 9.97. The van der Waals surface area contributed by atoms with Gasteiger partial charge in [0.25, 0.3) is 0 Å². The Hall–Kier alpha value is -0.570. The van der Waals surface area contributed by atoms with E-state index in [1.807, 2.05) is 0 Å². The Morgan fingerprint density at radius 3 is 2.71 bits per heavy atom. The van der Waals surface area contributed by atoms with Crippen LogP contribution in [0.5, 0.6) is 5.75 Å². The van der Waals surface area contributed by atoms with Gasteiger partial charge < -0.3 is 4.74 Å². The Labute approximate surface area is 91.4 Å². The summed E-state index contributed by atoms with van der Waals surface area (Å²) in [6, 6.07) is 4.77. The zero-order valence-electron chi connectivity index (χ0n) is 7.97. The molecule has 1 aromatic rings. The van der Waals surface area contributed by atoms with Gasteiger partial charge in [0.05, 0.1) is 10.6 Å². The summed E-state index contributed by atoms with van der Waals surface area (Å²) in [6.07, 6.45) is 2.53. The second-order valence-corrected chi connectivity index (χ2v) is 4.75. The highest BCUT2D eigenvalue weighted by molar-refractivity contribution is 9.10. The van der Waals surface area contributed by atoms with Crippen molar-refractivity contribution in [2.75, 3.05) is 0 Å². The Morgan fingerprint density at radius 2 is 2.14 bits per heavy atom. The molecule has 0 N–H and O–H groups in total. The second kappa shape index (κ2) is 3.89. The van der Waals surface area contributed by atoms with Gasteiger partial charge in [-0.05, 0) is 52.9 Å². The number of ether oxygens (including phenoxy) is 1. The maximum Gasteiger partial charge on any atom is 0.137 e. The van der Waals surface area contributed by atoms with Crippen LogP contribution in [0.2, 0.25) is 0 Å². The molecular weight excluding hydrogens is 247 g/mol. The fourth-order valence-corrected chi connectivity index (χ4v) is 2.03. The van der Waals surface area contributed by atoms with Crippen LogP contribution in [0.4, 0.5) is 4.39 Å². The molecule has 3 heteroatoms. The topological polar surface area (TPSA) is 9.23 Å². The van der Waals surface area contributed by atoms with E-state index in [-0.39, 0.29) is 5.82 Å². The molecule has 0 amide bonds. The van der Waals surface area contributed by atoms with Crippen LogP contribution >= 0.6 is 15.9 Å². The maximum absolute atomic E-state index is 12.9. The zero-order valence-corrected chi connectivity index (χ0v) is 9.55. The molecule has 2 rings (SSSR count). The summed E-state index contributed by atoms with van der Waals surface area (Å²) in [5.41, 5.74) is 0. The molecule has 1 aliphatic rings. The quantitative estimate of drug-likeness (QED) is 0.785. The van der Waals surface area contributed by atoms with Crippen LogP contribution in [0, 0.1) is 11.7 Å². The van der Waals surface area contributed by atoms with Crippen molar-refractivity contribution in [3.05, 3.63) is 28.5 Å². The fraction of sp³-hybridized carbons (Fsp3) is 0.455. The van der Waals surface area contributed by atoms with Gasteiger partial charge in [0.1, 0.15) is 11.6 Å². The molecule has 0 spiro atoms. The van der Waals surface area contributed by atoms with Gasteiger partial charge in [-0.2, -0.15) is 0 Å². The van der Waals surface area contributed by atoms with E-state index in [4.69, 9.17) is 4.74 Å². The minimum Gasteiger partial charge on any atom is -0.490 e.